The molecule has 0 amide bonds. The molecule has 2 atom stereocenters. The van der Waals surface area contributed by atoms with E-state index in [0.29, 0.717) is 25.0 Å². The van der Waals surface area contributed by atoms with Crippen LogP contribution in [0.3, 0.4) is 0 Å². The number of nitrogens with zero attached hydrogens (tertiary/aromatic N) is 1. The van der Waals surface area contributed by atoms with Gasteiger partial charge < -0.3 is 5.32 Å². The van der Waals surface area contributed by atoms with Gasteiger partial charge in [-0.15, -0.1) is 0 Å². The first-order valence-corrected chi connectivity index (χ1v) is 7.48. The molecule has 0 aliphatic heterocycles. The highest BCUT2D eigenvalue weighted by Gasteiger charge is 2.34. The standard InChI is InChI=1S/C14H27F3N2/c1-3-8-18-13-7-5-6-12(13)10-19(9-4-2)11-14(15,16)17/h12-13,18H,3-11H2,1-2H3. The minimum absolute atomic E-state index is 0.375. The van der Waals surface area contributed by atoms with Crippen LogP contribution in [0.15, 0.2) is 0 Å². The Morgan fingerprint density at radius 2 is 1.89 bits per heavy atom. The molecule has 1 aliphatic carbocycles. The van der Waals surface area contributed by atoms with Crippen LogP contribution in [-0.2, 0) is 0 Å². The molecule has 1 fully saturated rings. The summed E-state index contributed by atoms with van der Waals surface area (Å²) in [4.78, 5) is 1.58. The van der Waals surface area contributed by atoms with Crippen molar-refractivity contribution < 1.29 is 13.2 Å². The first-order chi connectivity index (χ1) is 8.96. The third-order valence-electron chi connectivity index (χ3n) is 3.75. The van der Waals surface area contributed by atoms with Crippen LogP contribution >= 0.6 is 0 Å². The molecule has 0 radical (unpaired) electrons. The Labute approximate surface area is 114 Å². The van der Waals surface area contributed by atoms with Crippen molar-refractivity contribution >= 4 is 0 Å². The van der Waals surface area contributed by atoms with Gasteiger partial charge >= 0.3 is 6.18 Å². The summed E-state index contributed by atoms with van der Waals surface area (Å²) in [5.41, 5.74) is 0. The zero-order valence-corrected chi connectivity index (χ0v) is 12.1. The van der Waals surface area contributed by atoms with Crippen molar-refractivity contribution in [3.8, 4) is 0 Å². The Balaban J connectivity index is 2.47. The molecule has 0 bridgehead atoms. The normalized spacial score (nSPS) is 24.3. The Bertz CT molecular complexity index is 243. The van der Waals surface area contributed by atoms with E-state index in [1.165, 1.54) is 0 Å². The van der Waals surface area contributed by atoms with Crippen LogP contribution in [0.2, 0.25) is 0 Å². The van der Waals surface area contributed by atoms with Crippen molar-refractivity contribution in [1.29, 1.82) is 0 Å². The van der Waals surface area contributed by atoms with Gasteiger partial charge in [0.05, 0.1) is 6.54 Å². The molecular formula is C14H27F3N2. The van der Waals surface area contributed by atoms with Gasteiger partial charge in [-0.3, -0.25) is 4.90 Å². The van der Waals surface area contributed by atoms with Crippen molar-refractivity contribution in [3.05, 3.63) is 0 Å². The topological polar surface area (TPSA) is 15.3 Å². The van der Waals surface area contributed by atoms with Gasteiger partial charge in [0.2, 0.25) is 0 Å². The molecule has 114 valence electrons. The molecule has 1 rings (SSSR count). The molecule has 0 aromatic heterocycles. The van der Waals surface area contributed by atoms with Gasteiger partial charge in [-0.1, -0.05) is 20.3 Å². The number of halogens is 3. The number of hydrogen-bond acceptors (Lipinski definition) is 2. The first-order valence-electron chi connectivity index (χ1n) is 7.48. The van der Waals surface area contributed by atoms with Crippen LogP contribution in [-0.4, -0.2) is 43.3 Å². The van der Waals surface area contributed by atoms with Gasteiger partial charge in [0.15, 0.2) is 0 Å². The third-order valence-corrected chi connectivity index (χ3v) is 3.75. The van der Waals surface area contributed by atoms with Crippen LogP contribution in [0.4, 0.5) is 13.2 Å². The van der Waals surface area contributed by atoms with Gasteiger partial charge in [0.25, 0.3) is 0 Å². The van der Waals surface area contributed by atoms with Crippen molar-refractivity contribution in [2.75, 3.05) is 26.2 Å². The van der Waals surface area contributed by atoms with Crippen molar-refractivity contribution in [2.24, 2.45) is 5.92 Å². The largest absolute Gasteiger partial charge is 0.401 e. The Morgan fingerprint density at radius 1 is 1.16 bits per heavy atom. The van der Waals surface area contributed by atoms with E-state index in [1.54, 1.807) is 4.90 Å². The van der Waals surface area contributed by atoms with E-state index in [9.17, 15) is 13.2 Å². The second-order valence-electron chi connectivity index (χ2n) is 5.60. The van der Waals surface area contributed by atoms with Crippen LogP contribution in [0.5, 0.6) is 0 Å². The highest BCUT2D eigenvalue weighted by Crippen LogP contribution is 2.27. The average molecular weight is 280 g/mol. The zero-order chi connectivity index (χ0) is 14.3. The monoisotopic (exact) mass is 280 g/mol. The summed E-state index contributed by atoms with van der Waals surface area (Å²) in [6.07, 6.45) is 1.06. The van der Waals surface area contributed by atoms with Crippen LogP contribution < -0.4 is 5.32 Å². The number of alkyl halides is 3. The number of nitrogens with one attached hydrogen (secondary N) is 1. The smallest absolute Gasteiger partial charge is 0.314 e. The summed E-state index contributed by atoms with van der Waals surface area (Å²) in [5.74, 6) is 0.375. The lowest BCUT2D eigenvalue weighted by atomic mass is 10.0. The van der Waals surface area contributed by atoms with Crippen LogP contribution in [0.1, 0.15) is 46.0 Å². The molecule has 2 unspecified atom stereocenters. The van der Waals surface area contributed by atoms with Gasteiger partial charge in [0, 0.05) is 12.6 Å². The van der Waals surface area contributed by atoms with Crippen molar-refractivity contribution in [1.82, 2.24) is 10.2 Å². The molecule has 1 N–H and O–H groups in total. The van der Waals surface area contributed by atoms with Gasteiger partial charge in [0.1, 0.15) is 0 Å². The zero-order valence-electron chi connectivity index (χ0n) is 12.1. The molecule has 0 heterocycles. The molecule has 0 saturated heterocycles. The summed E-state index contributed by atoms with van der Waals surface area (Å²) in [6.45, 7) is 5.37. The summed E-state index contributed by atoms with van der Waals surface area (Å²) < 4.78 is 37.6. The van der Waals surface area contributed by atoms with Gasteiger partial charge in [-0.25, -0.2) is 0 Å². The lowest BCUT2D eigenvalue weighted by Gasteiger charge is -2.29. The van der Waals surface area contributed by atoms with Gasteiger partial charge in [-0.05, 0) is 44.7 Å². The number of hydrogen-bond donors (Lipinski definition) is 1. The SMILES string of the molecule is CCCNC1CCCC1CN(CCC)CC(F)(F)F. The highest BCUT2D eigenvalue weighted by atomic mass is 19.4. The maximum Gasteiger partial charge on any atom is 0.401 e. The van der Waals surface area contributed by atoms with Crippen molar-refractivity contribution in [2.45, 2.75) is 58.2 Å². The highest BCUT2D eigenvalue weighted by molar-refractivity contribution is 4.85. The summed E-state index contributed by atoms with van der Waals surface area (Å²) >= 11 is 0. The molecule has 1 saturated carbocycles. The lowest BCUT2D eigenvalue weighted by molar-refractivity contribution is -0.147. The Hall–Kier alpha value is -0.290. The maximum atomic E-state index is 12.5. The molecule has 0 aromatic carbocycles. The molecule has 1 aliphatic rings. The molecule has 2 nitrogen and oxygen atoms in total. The van der Waals surface area contributed by atoms with E-state index in [0.717, 1.165) is 38.6 Å². The molecule has 0 aromatic rings. The minimum Gasteiger partial charge on any atom is -0.314 e. The number of rotatable bonds is 8. The Morgan fingerprint density at radius 3 is 2.47 bits per heavy atom. The molecule has 19 heavy (non-hydrogen) atoms. The maximum absolute atomic E-state index is 12.5. The van der Waals surface area contributed by atoms with E-state index in [1.807, 2.05) is 6.92 Å². The fraction of sp³-hybridized carbons (Fsp3) is 1.00. The molecule has 5 heteroatoms. The second-order valence-corrected chi connectivity index (χ2v) is 5.60. The van der Waals surface area contributed by atoms with Crippen molar-refractivity contribution in [3.63, 3.8) is 0 Å². The fourth-order valence-electron chi connectivity index (χ4n) is 2.99. The predicted octanol–water partition coefficient (Wildman–Crippen LogP) is 3.43. The van der Waals surface area contributed by atoms with Crippen LogP contribution in [0, 0.1) is 5.92 Å². The minimum atomic E-state index is -4.08. The molecule has 0 spiro atoms. The predicted molar refractivity (Wildman–Crippen MR) is 72.2 cm³/mol. The average Bonchev–Trinajstić information content (AvgIpc) is 2.72. The quantitative estimate of drug-likeness (QED) is 0.733. The van der Waals surface area contributed by atoms with E-state index >= 15 is 0 Å². The third kappa shape index (κ3) is 6.61. The van der Waals surface area contributed by atoms with E-state index in [2.05, 4.69) is 12.2 Å². The fourth-order valence-corrected chi connectivity index (χ4v) is 2.99. The lowest BCUT2D eigenvalue weighted by Crippen LogP contribution is -2.43. The Kier molecular flexibility index (Phi) is 7.15. The first kappa shape index (κ1) is 16.8. The van der Waals surface area contributed by atoms with Crippen LogP contribution in [0.25, 0.3) is 0 Å². The van der Waals surface area contributed by atoms with E-state index in [-0.39, 0.29) is 0 Å². The van der Waals surface area contributed by atoms with E-state index < -0.39 is 12.7 Å². The molecular weight excluding hydrogens is 253 g/mol. The summed E-state index contributed by atoms with van der Waals surface area (Å²) in [6, 6.07) is 0.410. The van der Waals surface area contributed by atoms with Gasteiger partial charge in [-0.2, -0.15) is 13.2 Å². The second kappa shape index (κ2) is 8.10. The van der Waals surface area contributed by atoms with E-state index in [4.69, 9.17) is 0 Å². The summed E-state index contributed by atoms with van der Waals surface area (Å²) in [5, 5.41) is 3.48. The summed E-state index contributed by atoms with van der Waals surface area (Å²) in [7, 11) is 0.